The smallest absolute Gasteiger partial charge is 0.00178 e. The number of hydrogen-bond donors (Lipinski definition) is 1. The molecule has 0 aliphatic heterocycles. The number of rotatable bonds is 3. The van der Waals surface area contributed by atoms with E-state index in [0.29, 0.717) is 5.92 Å². The summed E-state index contributed by atoms with van der Waals surface area (Å²) < 4.78 is 0. The molecule has 0 spiro atoms. The second-order valence-electron chi connectivity index (χ2n) is 2.04. The van der Waals surface area contributed by atoms with Gasteiger partial charge in [-0.05, 0) is 25.9 Å². The van der Waals surface area contributed by atoms with Crippen LogP contribution >= 0.6 is 0 Å². The lowest BCUT2D eigenvalue weighted by Crippen LogP contribution is -2.10. The average Bonchev–Trinajstić information content (AvgIpc) is 1.61. The number of hydrogen-bond acceptors (Lipinski definition) is 1. The molecule has 0 rings (SSSR count). The lowest BCUT2D eigenvalue weighted by atomic mass is 10.1. The highest BCUT2D eigenvalue weighted by Crippen LogP contribution is 1.93. The summed E-state index contributed by atoms with van der Waals surface area (Å²) in [5, 5.41) is 3.04. The van der Waals surface area contributed by atoms with E-state index < -0.39 is 0 Å². The Balaban J connectivity index is 2.68. The van der Waals surface area contributed by atoms with E-state index in [4.69, 9.17) is 0 Å². The maximum atomic E-state index is 3.04. The molecule has 0 aromatic carbocycles. The zero-order valence-corrected chi connectivity index (χ0v) is 5.36. The van der Waals surface area contributed by atoms with Crippen molar-refractivity contribution in [1.29, 1.82) is 0 Å². The van der Waals surface area contributed by atoms with E-state index in [2.05, 4.69) is 25.6 Å². The van der Waals surface area contributed by atoms with Crippen LogP contribution in [-0.2, 0) is 0 Å². The molecule has 0 aromatic rings. The third-order valence-electron chi connectivity index (χ3n) is 0.793. The molecule has 0 saturated heterocycles. The van der Waals surface area contributed by atoms with Gasteiger partial charge in [0.25, 0.3) is 0 Å². The number of nitrogens with one attached hydrogen (secondary N) is 1. The fourth-order valence-corrected chi connectivity index (χ4v) is 0.354. The maximum absolute atomic E-state index is 3.04. The van der Waals surface area contributed by atoms with Crippen LogP contribution in [0.25, 0.3) is 0 Å². The topological polar surface area (TPSA) is 12.0 Å². The van der Waals surface area contributed by atoms with Crippen LogP contribution in [0.3, 0.4) is 0 Å². The molecule has 0 aromatic heterocycles. The minimum absolute atomic E-state index is 0.715. The Morgan fingerprint density at radius 3 is 2.29 bits per heavy atom. The highest BCUT2D eigenvalue weighted by atomic mass is 14.8. The Morgan fingerprint density at radius 2 is 2.14 bits per heavy atom. The predicted octanol–water partition coefficient (Wildman–Crippen LogP) is 1.07. The molecule has 0 bridgehead atoms. The van der Waals surface area contributed by atoms with Crippen LogP contribution in [0.4, 0.5) is 0 Å². The monoisotopic (exact) mass is 100 g/mol. The first kappa shape index (κ1) is 6.96. The van der Waals surface area contributed by atoms with Crippen LogP contribution in [0, 0.1) is 12.3 Å². The largest absolute Gasteiger partial charge is 0.319 e. The molecule has 0 atom stereocenters. The van der Waals surface area contributed by atoms with Crippen molar-refractivity contribution in [1.82, 2.24) is 5.32 Å². The van der Waals surface area contributed by atoms with Gasteiger partial charge in [0.05, 0.1) is 0 Å². The first-order chi connectivity index (χ1) is 3.27. The maximum Gasteiger partial charge on any atom is -0.00178 e. The summed E-state index contributed by atoms with van der Waals surface area (Å²) in [6.07, 6.45) is 2.24. The molecule has 0 aliphatic rings. The molecule has 1 nitrogen and oxygen atoms in total. The minimum Gasteiger partial charge on any atom is -0.319 e. The van der Waals surface area contributed by atoms with Crippen molar-refractivity contribution in [3.63, 3.8) is 0 Å². The highest BCUT2D eigenvalue weighted by molar-refractivity contribution is 4.69. The Morgan fingerprint density at radius 1 is 1.57 bits per heavy atom. The third kappa shape index (κ3) is 5.96. The van der Waals surface area contributed by atoms with Crippen molar-refractivity contribution < 1.29 is 0 Å². The zero-order chi connectivity index (χ0) is 5.70. The third-order valence-corrected chi connectivity index (χ3v) is 0.793. The molecule has 1 N–H and O–H groups in total. The van der Waals surface area contributed by atoms with E-state index in [1.165, 1.54) is 0 Å². The summed E-state index contributed by atoms with van der Waals surface area (Å²) in [4.78, 5) is 0. The fraction of sp³-hybridized carbons (Fsp3) is 0.833. The van der Waals surface area contributed by atoms with Gasteiger partial charge in [-0.2, -0.15) is 0 Å². The van der Waals surface area contributed by atoms with Crippen LogP contribution in [0.1, 0.15) is 13.8 Å². The summed E-state index contributed by atoms with van der Waals surface area (Å²) in [5.41, 5.74) is 0. The molecular formula is C6H14N. The van der Waals surface area contributed by atoms with Gasteiger partial charge >= 0.3 is 0 Å². The molecule has 43 valence electrons. The summed E-state index contributed by atoms with van der Waals surface area (Å²) in [7, 11) is 1.96. The van der Waals surface area contributed by atoms with E-state index >= 15 is 0 Å². The predicted molar refractivity (Wildman–Crippen MR) is 33.1 cm³/mol. The van der Waals surface area contributed by atoms with Crippen LogP contribution in [0.2, 0.25) is 0 Å². The quantitative estimate of drug-likeness (QED) is 0.559. The Kier molecular flexibility index (Phi) is 4.10. The lowest BCUT2D eigenvalue weighted by Gasteiger charge is -1.99. The zero-order valence-electron chi connectivity index (χ0n) is 5.36. The van der Waals surface area contributed by atoms with Crippen molar-refractivity contribution in [2.45, 2.75) is 13.8 Å². The molecule has 7 heavy (non-hydrogen) atoms. The van der Waals surface area contributed by atoms with E-state index in [1.807, 2.05) is 7.05 Å². The molecule has 0 saturated carbocycles. The first-order valence-electron chi connectivity index (χ1n) is 2.75. The van der Waals surface area contributed by atoms with Crippen molar-refractivity contribution in [2.75, 3.05) is 13.6 Å². The SMILES string of the molecule is CNC[CH]C(C)C. The molecule has 1 heteroatoms. The van der Waals surface area contributed by atoms with E-state index in [0.717, 1.165) is 6.54 Å². The Hall–Kier alpha value is -0.0400. The normalized spacial score (nSPS) is 10.3. The Labute approximate surface area is 46.1 Å². The van der Waals surface area contributed by atoms with Gasteiger partial charge in [0, 0.05) is 0 Å². The van der Waals surface area contributed by atoms with E-state index in [9.17, 15) is 0 Å². The summed E-state index contributed by atoms with van der Waals surface area (Å²) >= 11 is 0. The molecule has 0 aliphatic carbocycles. The van der Waals surface area contributed by atoms with Gasteiger partial charge in [0.2, 0.25) is 0 Å². The van der Waals surface area contributed by atoms with Gasteiger partial charge in [-0.15, -0.1) is 0 Å². The molecule has 0 unspecified atom stereocenters. The van der Waals surface area contributed by atoms with Crippen LogP contribution in [0.5, 0.6) is 0 Å². The summed E-state index contributed by atoms with van der Waals surface area (Å²) in [6, 6.07) is 0. The highest BCUT2D eigenvalue weighted by Gasteiger charge is 1.88. The van der Waals surface area contributed by atoms with Crippen LogP contribution in [-0.4, -0.2) is 13.6 Å². The van der Waals surface area contributed by atoms with Crippen LogP contribution in [0.15, 0.2) is 0 Å². The fourth-order valence-electron chi connectivity index (χ4n) is 0.354. The average molecular weight is 100 g/mol. The van der Waals surface area contributed by atoms with E-state index in [-0.39, 0.29) is 0 Å². The van der Waals surface area contributed by atoms with Crippen molar-refractivity contribution in [3.8, 4) is 0 Å². The van der Waals surface area contributed by atoms with Crippen molar-refractivity contribution in [3.05, 3.63) is 6.42 Å². The van der Waals surface area contributed by atoms with Gasteiger partial charge in [-0.3, -0.25) is 0 Å². The molecule has 1 radical (unpaired) electrons. The first-order valence-corrected chi connectivity index (χ1v) is 2.75. The van der Waals surface area contributed by atoms with Gasteiger partial charge < -0.3 is 5.32 Å². The molecular weight excluding hydrogens is 86.1 g/mol. The minimum atomic E-state index is 0.715. The Bertz CT molecular complexity index is 33.2. The van der Waals surface area contributed by atoms with Gasteiger partial charge in [-0.1, -0.05) is 13.8 Å². The molecule has 0 heterocycles. The standard InChI is InChI=1S/C6H14N/c1-6(2)4-5-7-3/h4,6-7H,5H2,1-3H3. The van der Waals surface area contributed by atoms with Gasteiger partial charge in [0.1, 0.15) is 0 Å². The molecule has 0 fully saturated rings. The second-order valence-corrected chi connectivity index (χ2v) is 2.04. The van der Waals surface area contributed by atoms with E-state index in [1.54, 1.807) is 0 Å². The lowest BCUT2D eigenvalue weighted by molar-refractivity contribution is 0.698. The van der Waals surface area contributed by atoms with Gasteiger partial charge in [0.15, 0.2) is 0 Å². The summed E-state index contributed by atoms with van der Waals surface area (Å²) in [5.74, 6) is 0.715. The second kappa shape index (κ2) is 4.13. The van der Waals surface area contributed by atoms with Gasteiger partial charge in [-0.25, -0.2) is 0 Å². The van der Waals surface area contributed by atoms with Crippen LogP contribution < -0.4 is 5.32 Å². The molecule has 0 amide bonds. The summed E-state index contributed by atoms with van der Waals surface area (Å²) in [6.45, 7) is 5.38. The van der Waals surface area contributed by atoms with Crippen molar-refractivity contribution in [2.24, 2.45) is 5.92 Å². The van der Waals surface area contributed by atoms with Crippen molar-refractivity contribution >= 4 is 0 Å².